The van der Waals surface area contributed by atoms with E-state index in [1.54, 1.807) is 6.21 Å². The Morgan fingerprint density at radius 1 is 1.56 bits per heavy atom. The van der Waals surface area contributed by atoms with Crippen molar-refractivity contribution in [2.24, 2.45) is 4.99 Å². The molecule has 1 nitrogen and oxygen atoms in total. The van der Waals surface area contributed by atoms with Gasteiger partial charge in [0.1, 0.15) is 7.85 Å². The Bertz CT molecular complexity index is 116. The van der Waals surface area contributed by atoms with Gasteiger partial charge >= 0.3 is 0 Å². The molecule has 0 aromatic carbocycles. The molecule has 0 saturated heterocycles. The lowest BCUT2D eigenvalue weighted by Gasteiger charge is -1.99. The van der Waals surface area contributed by atoms with Crippen LogP contribution >= 0.6 is 0 Å². The largest absolute Gasteiger partial charge is 0.293 e. The molecule has 2 heteroatoms. The molecule has 0 bridgehead atoms. The zero-order valence-corrected chi connectivity index (χ0v) is 6.09. The van der Waals surface area contributed by atoms with Crippen LogP contribution in [0, 0.1) is 0 Å². The van der Waals surface area contributed by atoms with Crippen molar-refractivity contribution in [2.45, 2.75) is 20.3 Å². The van der Waals surface area contributed by atoms with Crippen LogP contribution in [0.15, 0.2) is 16.5 Å². The third-order valence-electron chi connectivity index (χ3n) is 0.924. The fourth-order valence-electron chi connectivity index (χ4n) is 0.500. The van der Waals surface area contributed by atoms with Gasteiger partial charge in [0.2, 0.25) is 0 Å². The maximum atomic E-state index is 5.40. The van der Waals surface area contributed by atoms with Crippen LogP contribution in [-0.2, 0) is 0 Å². The quantitative estimate of drug-likeness (QED) is 0.431. The molecular weight excluding hydrogens is 109 g/mol. The van der Waals surface area contributed by atoms with Crippen LogP contribution in [0.1, 0.15) is 20.3 Å². The summed E-state index contributed by atoms with van der Waals surface area (Å²) >= 11 is 0. The van der Waals surface area contributed by atoms with Crippen molar-refractivity contribution >= 4 is 14.1 Å². The Morgan fingerprint density at radius 2 is 2.22 bits per heavy atom. The van der Waals surface area contributed by atoms with E-state index in [4.69, 9.17) is 7.85 Å². The predicted octanol–water partition coefficient (Wildman–Crippen LogP) is 1.54. The first-order valence-corrected chi connectivity index (χ1v) is 3.34. The van der Waals surface area contributed by atoms with Crippen molar-refractivity contribution in [3.05, 3.63) is 11.5 Å². The van der Waals surface area contributed by atoms with Crippen LogP contribution in [0.4, 0.5) is 0 Å². The summed E-state index contributed by atoms with van der Waals surface area (Å²) in [6.45, 7) is 4.86. The van der Waals surface area contributed by atoms with E-state index in [0.29, 0.717) is 0 Å². The standard InChI is InChI=1S/C5H6BN.C2H6/c6-5-1-3-7-4-2-5;1-2/h1,3H,2,4H2;1-2H3. The van der Waals surface area contributed by atoms with Gasteiger partial charge in [-0.15, -0.1) is 5.47 Å². The van der Waals surface area contributed by atoms with Gasteiger partial charge < -0.3 is 0 Å². The third-order valence-corrected chi connectivity index (χ3v) is 0.924. The van der Waals surface area contributed by atoms with E-state index in [0.717, 1.165) is 18.4 Å². The van der Waals surface area contributed by atoms with E-state index in [9.17, 15) is 0 Å². The van der Waals surface area contributed by atoms with Gasteiger partial charge in [-0.1, -0.05) is 19.9 Å². The molecular formula is C7H12BN. The Labute approximate surface area is 58.3 Å². The van der Waals surface area contributed by atoms with E-state index in [1.165, 1.54) is 0 Å². The molecule has 0 amide bonds. The number of allylic oxidation sites excluding steroid dienone is 1. The summed E-state index contributed by atoms with van der Waals surface area (Å²) in [7, 11) is 5.40. The van der Waals surface area contributed by atoms with Gasteiger partial charge in [0.05, 0.1) is 0 Å². The fourth-order valence-corrected chi connectivity index (χ4v) is 0.500. The van der Waals surface area contributed by atoms with Crippen molar-refractivity contribution in [1.82, 2.24) is 0 Å². The monoisotopic (exact) mass is 121 g/mol. The van der Waals surface area contributed by atoms with Gasteiger partial charge in [0.15, 0.2) is 0 Å². The van der Waals surface area contributed by atoms with Crippen molar-refractivity contribution in [3.8, 4) is 0 Å². The number of dihydropyridines is 1. The lowest BCUT2D eigenvalue weighted by molar-refractivity contribution is 0.986. The lowest BCUT2D eigenvalue weighted by atomic mass is 9.91. The van der Waals surface area contributed by atoms with Gasteiger partial charge in [0, 0.05) is 12.8 Å². The summed E-state index contributed by atoms with van der Waals surface area (Å²) in [4.78, 5) is 3.95. The number of rotatable bonds is 0. The molecule has 0 saturated carbocycles. The molecule has 48 valence electrons. The number of aliphatic imine (C=N–C) groups is 1. The van der Waals surface area contributed by atoms with Crippen molar-refractivity contribution < 1.29 is 0 Å². The number of hydrogen-bond acceptors (Lipinski definition) is 1. The normalized spacial score (nSPS) is 15.6. The second-order valence-electron chi connectivity index (χ2n) is 1.55. The summed E-state index contributed by atoms with van der Waals surface area (Å²) in [6.07, 6.45) is 4.51. The molecule has 0 spiro atoms. The topological polar surface area (TPSA) is 12.4 Å². The summed E-state index contributed by atoms with van der Waals surface area (Å²) in [6, 6.07) is 0. The highest BCUT2D eigenvalue weighted by Crippen LogP contribution is 1.97. The highest BCUT2D eigenvalue weighted by atomic mass is 14.7. The summed E-state index contributed by atoms with van der Waals surface area (Å²) in [5, 5.41) is 0. The molecule has 1 aliphatic heterocycles. The van der Waals surface area contributed by atoms with Crippen LogP contribution in [0.2, 0.25) is 0 Å². The van der Waals surface area contributed by atoms with E-state index in [-0.39, 0.29) is 0 Å². The maximum Gasteiger partial charge on any atom is 0.107 e. The molecule has 1 rings (SSSR count). The molecule has 0 aromatic rings. The first-order chi connectivity index (χ1) is 4.39. The van der Waals surface area contributed by atoms with Crippen molar-refractivity contribution in [2.75, 3.05) is 6.54 Å². The van der Waals surface area contributed by atoms with Crippen molar-refractivity contribution in [3.63, 3.8) is 0 Å². The van der Waals surface area contributed by atoms with Crippen LogP contribution in [0.3, 0.4) is 0 Å². The SMILES string of the molecule is CC.[B]C1=CC=NCC1. The Hall–Kier alpha value is -0.525. The summed E-state index contributed by atoms with van der Waals surface area (Å²) in [5.74, 6) is 0. The molecule has 0 atom stereocenters. The van der Waals surface area contributed by atoms with Crippen molar-refractivity contribution in [1.29, 1.82) is 0 Å². The summed E-state index contributed by atoms with van der Waals surface area (Å²) in [5.41, 5.74) is 0.940. The molecule has 0 aromatic heterocycles. The highest BCUT2D eigenvalue weighted by molar-refractivity contribution is 6.23. The number of nitrogens with zero attached hydrogens (tertiary/aromatic N) is 1. The summed E-state index contributed by atoms with van der Waals surface area (Å²) < 4.78 is 0. The molecule has 1 aliphatic rings. The minimum Gasteiger partial charge on any atom is -0.293 e. The fraction of sp³-hybridized carbons (Fsp3) is 0.571. The molecule has 0 aliphatic carbocycles. The zero-order chi connectivity index (χ0) is 7.11. The van der Waals surface area contributed by atoms with Crippen LogP contribution < -0.4 is 0 Å². The first kappa shape index (κ1) is 8.47. The Morgan fingerprint density at radius 3 is 2.44 bits per heavy atom. The minimum atomic E-state index is 0.863. The van der Waals surface area contributed by atoms with Gasteiger partial charge in [-0.25, -0.2) is 0 Å². The van der Waals surface area contributed by atoms with E-state index >= 15 is 0 Å². The molecule has 1 heterocycles. The van der Waals surface area contributed by atoms with E-state index < -0.39 is 0 Å². The van der Waals surface area contributed by atoms with Crippen LogP contribution in [0.25, 0.3) is 0 Å². The highest BCUT2D eigenvalue weighted by Gasteiger charge is 1.88. The van der Waals surface area contributed by atoms with E-state index in [2.05, 4.69) is 4.99 Å². The second-order valence-corrected chi connectivity index (χ2v) is 1.55. The molecule has 0 N–H and O–H groups in total. The minimum absolute atomic E-state index is 0.863. The molecule has 0 unspecified atom stereocenters. The van der Waals surface area contributed by atoms with Crippen LogP contribution in [-0.4, -0.2) is 20.6 Å². The second kappa shape index (κ2) is 5.61. The average Bonchev–Trinajstić information content (AvgIpc) is 1.94. The smallest absolute Gasteiger partial charge is 0.107 e. The van der Waals surface area contributed by atoms with Gasteiger partial charge in [-0.3, -0.25) is 4.99 Å². The average molecular weight is 121 g/mol. The third kappa shape index (κ3) is 4.01. The van der Waals surface area contributed by atoms with Crippen LogP contribution in [0.5, 0.6) is 0 Å². The van der Waals surface area contributed by atoms with E-state index in [1.807, 2.05) is 19.9 Å². The molecule has 9 heavy (non-hydrogen) atoms. The first-order valence-electron chi connectivity index (χ1n) is 3.34. The Balaban J connectivity index is 0.000000291. The van der Waals surface area contributed by atoms with Gasteiger partial charge in [-0.2, -0.15) is 0 Å². The molecule has 2 radical (unpaired) electrons. The lowest BCUT2D eigenvalue weighted by Crippen LogP contribution is -1.92. The molecule has 0 fully saturated rings. The maximum absolute atomic E-state index is 5.40. The zero-order valence-electron chi connectivity index (χ0n) is 6.09. The predicted molar refractivity (Wildman–Crippen MR) is 43.2 cm³/mol. The number of hydrogen-bond donors (Lipinski definition) is 0. The van der Waals surface area contributed by atoms with Gasteiger partial charge in [-0.05, 0) is 6.42 Å². The Kier molecular flexibility index (Phi) is 5.28. The van der Waals surface area contributed by atoms with Gasteiger partial charge in [0.25, 0.3) is 0 Å².